The van der Waals surface area contributed by atoms with Crippen molar-refractivity contribution in [1.82, 2.24) is 0 Å². The summed E-state index contributed by atoms with van der Waals surface area (Å²) < 4.78 is 24.2. The van der Waals surface area contributed by atoms with Gasteiger partial charge in [-0.25, -0.2) is 8.42 Å². The molecule has 1 radical (unpaired) electrons. The van der Waals surface area contributed by atoms with E-state index < -0.39 is 11.0 Å². The van der Waals surface area contributed by atoms with Crippen LogP contribution in [0.2, 0.25) is 0 Å². The van der Waals surface area contributed by atoms with E-state index in [1.165, 1.54) is 0 Å². The van der Waals surface area contributed by atoms with Crippen LogP contribution in [0, 0.1) is 0 Å². The number of hydrogen-bond donors (Lipinski definition) is 2. The third-order valence-corrected chi connectivity index (χ3v) is 0. The molecule has 0 aromatic rings. The molecule has 0 aliphatic carbocycles. The van der Waals surface area contributed by atoms with Crippen molar-refractivity contribution in [2.24, 2.45) is 0 Å². The van der Waals surface area contributed by atoms with Gasteiger partial charge in [0, 0.05) is 16.8 Å². The van der Waals surface area contributed by atoms with E-state index >= 15 is 0 Å². The summed E-state index contributed by atoms with van der Waals surface area (Å²) in [6.07, 6.45) is 0. The maximum absolute atomic E-state index is 8.59. The van der Waals surface area contributed by atoms with Crippen molar-refractivity contribution in [3.8, 4) is 0 Å². The van der Waals surface area contributed by atoms with Crippen LogP contribution in [-0.2, 0) is 27.8 Å². The molecule has 0 saturated heterocycles. The molecule has 0 bridgehead atoms. The standard InChI is InChI=1S/Co.H2O3S/c;1-4(2)3/h;4H,(H,1,2,3). The van der Waals surface area contributed by atoms with Crippen molar-refractivity contribution in [3.05, 3.63) is 0 Å². The summed E-state index contributed by atoms with van der Waals surface area (Å²) in [5, 5.41) is 0. The van der Waals surface area contributed by atoms with E-state index in [9.17, 15) is 0 Å². The number of hydrogen-bond acceptors (Lipinski definition) is 2. The summed E-state index contributed by atoms with van der Waals surface area (Å²) in [7, 11) is -3.12. The first-order chi connectivity index (χ1) is 1.73. The molecule has 0 rings (SSSR count). The summed E-state index contributed by atoms with van der Waals surface area (Å²) in [6, 6.07) is 0. The van der Waals surface area contributed by atoms with Gasteiger partial charge < -0.3 is 0 Å². The zero-order valence-corrected chi connectivity index (χ0v) is 3.98. The molecule has 5 heavy (non-hydrogen) atoms. The van der Waals surface area contributed by atoms with Crippen molar-refractivity contribution in [3.63, 3.8) is 0 Å². The van der Waals surface area contributed by atoms with E-state index in [-0.39, 0.29) is 16.8 Å². The van der Waals surface area contributed by atoms with Gasteiger partial charge in [-0.2, -0.15) is 0 Å². The van der Waals surface area contributed by atoms with Gasteiger partial charge in [0.25, 0.3) is 11.0 Å². The van der Waals surface area contributed by atoms with Gasteiger partial charge in [0.2, 0.25) is 0 Å². The first kappa shape index (κ1) is 9.05. The van der Waals surface area contributed by atoms with Gasteiger partial charge >= 0.3 is 0 Å². The molecule has 0 aromatic carbocycles. The second kappa shape index (κ2) is 4.42. The Hall–Kier alpha value is 0.416. The van der Waals surface area contributed by atoms with Crippen LogP contribution in [0.15, 0.2) is 0 Å². The second-order valence-electron chi connectivity index (χ2n) is 0.238. The van der Waals surface area contributed by atoms with Gasteiger partial charge in [-0.15, -0.1) is 0 Å². The zero-order chi connectivity index (χ0) is 3.58. The largest absolute Gasteiger partial charge is 0.288 e. The smallest absolute Gasteiger partial charge is 0.254 e. The van der Waals surface area contributed by atoms with Crippen molar-refractivity contribution in [2.45, 2.75) is 0 Å². The minimum atomic E-state index is -3.12. The van der Waals surface area contributed by atoms with Crippen LogP contribution in [0.4, 0.5) is 0 Å². The van der Waals surface area contributed by atoms with Crippen LogP contribution in [-0.4, -0.2) is 13.0 Å². The van der Waals surface area contributed by atoms with Crippen LogP contribution in [0.5, 0.6) is 0 Å². The Morgan fingerprint density at radius 2 is 1.40 bits per heavy atom. The molecule has 0 saturated carbocycles. The second-order valence-corrected chi connectivity index (χ2v) is 0.714. The predicted octanol–water partition coefficient (Wildman–Crippen LogP) is -0.932. The molecular weight excluding hydrogens is 139 g/mol. The van der Waals surface area contributed by atoms with E-state index in [1.54, 1.807) is 0 Å². The van der Waals surface area contributed by atoms with E-state index in [1.807, 2.05) is 0 Å². The van der Waals surface area contributed by atoms with Gasteiger partial charge in [-0.3, -0.25) is 4.55 Å². The monoisotopic (exact) mass is 141 g/mol. The Morgan fingerprint density at radius 1 is 1.40 bits per heavy atom. The molecule has 0 fully saturated rings. The van der Waals surface area contributed by atoms with E-state index in [0.29, 0.717) is 0 Å². The summed E-state index contributed by atoms with van der Waals surface area (Å²) in [5.74, 6) is 0. The number of thiol groups is 1. The molecular formula is H2CoO3S. The van der Waals surface area contributed by atoms with Gasteiger partial charge in [-0.1, -0.05) is 0 Å². The average Bonchev–Trinajstić information content (AvgIpc) is 0.811. The van der Waals surface area contributed by atoms with Crippen molar-refractivity contribution < 1.29 is 29.7 Å². The molecule has 0 atom stereocenters. The van der Waals surface area contributed by atoms with Crippen LogP contribution in [0.1, 0.15) is 0 Å². The first-order valence-corrected chi connectivity index (χ1v) is 1.70. The fraction of sp³-hybridized carbons (Fsp3) is 0. The third-order valence-electron chi connectivity index (χ3n) is 0. The van der Waals surface area contributed by atoms with Gasteiger partial charge in [0.1, 0.15) is 0 Å². The molecule has 0 aliphatic rings. The van der Waals surface area contributed by atoms with Crippen LogP contribution < -0.4 is 0 Å². The Morgan fingerprint density at radius 3 is 1.40 bits per heavy atom. The van der Waals surface area contributed by atoms with E-state index in [2.05, 4.69) is 0 Å². The molecule has 0 unspecified atom stereocenters. The molecule has 0 aromatic heterocycles. The van der Waals surface area contributed by atoms with Crippen LogP contribution in [0.3, 0.4) is 0 Å². The van der Waals surface area contributed by atoms with Gasteiger partial charge in [0.15, 0.2) is 0 Å². The Balaban J connectivity index is 0. The molecule has 0 spiro atoms. The molecule has 5 heteroatoms. The summed E-state index contributed by atoms with van der Waals surface area (Å²) >= 11 is 0. The van der Waals surface area contributed by atoms with E-state index in [4.69, 9.17) is 13.0 Å². The summed E-state index contributed by atoms with van der Waals surface area (Å²) in [6.45, 7) is 0. The SMILES string of the molecule is O=[SH](=O)O.[Co]. The third kappa shape index (κ3) is 149. The minimum absolute atomic E-state index is 0. The first-order valence-electron chi connectivity index (χ1n) is 0.565. The quantitative estimate of drug-likeness (QED) is 0.338. The van der Waals surface area contributed by atoms with Crippen LogP contribution >= 0.6 is 0 Å². The fourth-order valence-electron chi connectivity index (χ4n) is 0. The summed E-state index contributed by atoms with van der Waals surface area (Å²) in [4.78, 5) is 0. The molecule has 0 heterocycles. The summed E-state index contributed by atoms with van der Waals surface area (Å²) in [5.41, 5.74) is 0. The molecule has 0 amide bonds. The predicted molar refractivity (Wildman–Crippen MR) is 12.9 cm³/mol. The van der Waals surface area contributed by atoms with Crippen molar-refractivity contribution in [2.75, 3.05) is 0 Å². The van der Waals surface area contributed by atoms with Gasteiger partial charge in [0.05, 0.1) is 0 Å². The van der Waals surface area contributed by atoms with Crippen molar-refractivity contribution in [1.29, 1.82) is 0 Å². The Kier molecular flexibility index (Phi) is 8.00. The Labute approximate surface area is 41.4 Å². The van der Waals surface area contributed by atoms with E-state index in [0.717, 1.165) is 0 Å². The molecule has 1 N–H and O–H groups in total. The zero-order valence-electron chi connectivity index (χ0n) is 2.04. The molecule has 3 nitrogen and oxygen atoms in total. The minimum Gasteiger partial charge on any atom is -0.288 e. The average molecular weight is 141 g/mol. The normalized spacial score (nSPS) is 6.80. The maximum atomic E-state index is 8.59. The fourth-order valence-corrected chi connectivity index (χ4v) is 0. The van der Waals surface area contributed by atoms with Crippen LogP contribution in [0.25, 0.3) is 0 Å². The van der Waals surface area contributed by atoms with Gasteiger partial charge in [-0.05, 0) is 0 Å². The topological polar surface area (TPSA) is 54.4 Å². The molecule has 0 aliphatic heterocycles. The maximum Gasteiger partial charge on any atom is 0.254 e. The van der Waals surface area contributed by atoms with Crippen molar-refractivity contribution >= 4 is 11.0 Å². The number of rotatable bonds is 0. The Bertz CT molecular complexity index is 55.3. The molecule has 35 valence electrons.